The summed E-state index contributed by atoms with van der Waals surface area (Å²) in [6.07, 6.45) is 37.3. The fourth-order valence-corrected chi connectivity index (χ4v) is 13.2. The van der Waals surface area contributed by atoms with Crippen molar-refractivity contribution < 1.29 is 19.1 Å². The molecule has 0 spiro atoms. The number of carbonyl (C=O) groups excluding carboxylic acids is 3. The highest BCUT2D eigenvalue weighted by molar-refractivity contribution is 5.82. The molecule has 3 amide bonds. The van der Waals surface area contributed by atoms with Crippen LogP contribution in [0.1, 0.15) is 234 Å². The van der Waals surface area contributed by atoms with Crippen LogP contribution in [0.4, 0.5) is 4.79 Å². The molecule has 8 heteroatoms. The smallest absolute Gasteiger partial charge is 0.410 e. The van der Waals surface area contributed by atoms with Crippen molar-refractivity contribution >= 4 is 17.9 Å². The maximum atomic E-state index is 13.8. The maximum Gasteiger partial charge on any atom is 0.410 e. The quantitative estimate of drug-likeness (QED) is 0.0460. The van der Waals surface area contributed by atoms with Gasteiger partial charge in [0.2, 0.25) is 11.8 Å². The van der Waals surface area contributed by atoms with Crippen molar-refractivity contribution in [1.82, 2.24) is 15.5 Å². The zero-order valence-corrected chi connectivity index (χ0v) is 42.0. The van der Waals surface area contributed by atoms with Crippen LogP contribution in [-0.4, -0.2) is 61.6 Å². The number of amides is 3. The third kappa shape index (κ3) is 17.3. The first-order valence-corrected chi connectivity index (χ1v) is 27.3. The first-order chi connectivity index (χ1) is 30.4. The average molecular weight is 881 g/mol. The summed E-state index contributed by atoms with van der Waals surface area (Å²) in [5, 5.41) is 6.10. The predicted octanol–water partition coefficient (Wildman–Crippen LogP) is 13.5. The lowest BCUT2D eigenvalue weighted by molar-refractivity contribution is -0.122. The molecular formula is C55H100N4O4. The number of hydrogen-bond donors (Lipinski definition) is 3. The van der Waals surface area contributed by atoms with E-state index in [4.69, 9.17) is 10.5 Å². The van der Waals surface area contributed by atoms with Crippen molar-refractivity contribution in [3.8, 4) is 0 Å². The second-order valence-electron chi connectivity index (χ2n) is 22.2. The number of nitrogens with zero attached hydrogens (tertiary/aromatic N) is 1. The molecule has 0 saturated heterocycles. The van der Waals surface area contributed by atoms with E-state index in [1.165, 1.54) is 121 Å². The molecule has 364 valence electrons. The molecule has 8 atom stereocenters. The lowest BCUT2D eigenvalue weighted by atomic mass is 9.47. The zero-order valence-electron chi connectivity index (χ0n) is 42.0. The Bertz CT molecular complexity index is 1350. The molecule has 4 rings (SSSR count). The first-order valence-electron chi connectivity index (χ1n) is 27.3. The molecule has 4 aliphatic rings. The van der Waals surface area contributed by atoms with Crippen LogP contribution in [0.3, 0.4) is 0 Å². The molecule has 0 aromatic rings. The molecule has 3 fully saturated rings. The summed E-state index contributed by atoms with van der Waals surface area (Å²) < 4.78 is 6.31. The van der Waals surface area contributed by atoms with E-state index in [2.05, 4.69) is 58.3 Å². The SMILES string of the molecule is CCCCCCCCCCCCCCC(=O)NCCCCCCN(CC(=O)NCCCCN)C(=O)O[C@H]1CC[C@@]2(C)C(=CC[C@H]3[C@@H]4CC[C@H]([C@H](C)CCCC(C)C)[C@@]4(C)CC[C@@H]32)C1. The van der Waals surface area contributed by atoms with Gasteiger partial charge in [-0.1, -0.05) is 156 Å². The zero-order chi connectivity index (χ0) is 45.5. The number of allylic oxidation sites excluding steroid dienone is 1. The Morgan fingerprint density at radius 2 is 1.37 bits per heavy atom. The van der Waals surface area contributed by atoms with Gasteiger partial charge in [0.1, 0.15) is 12.6 Å². The highest BCUT2D eigenvalue weighted by Crippen LogP contribution is 2.67. The van der Waals surface area contributed by atoms with Crippen LogP contribution in [0.5, 0.6) is 0 Å². The predicted molar refractivity (Wildman–Crippen MR) is 263 cm³/mol. The molecule has 63 heavy (non-hydrogen) atoms. The Hall–Kier alpha value is -2.09. The second-order valence-corrected chi connectivity index (χ2v) is 22.2. The summed E-state index contributed by atoms with van der Waals surface area (Å²) in [4.78, 5) is 40.9. The fourth-order valence-electron chi connectivity index (χ4n) is 13.2. The van der Waals surface area contributed by atoms with Gasteiger partial charge in [0.05, 0.1) is 0 Å². The van der Waals surface area contributed by atoms with E-state index < -0.39 is 0 Å². The molecular weight excluding hydrogens is 781 g/mol. The lowest BCUT2D eigenvalue weighted by Crippen LogP contribution is -2.51. The average Bonchev–Trinajstić information content (AvgIpc) is 3.62. The Labute approximate surface area is 388 Å². The minimum atomic E-state index is -0.354. The van der Waals surface area contributed by atoms with Gasteiger partial charge in [-0.05, 0) is 130 Å². The van der Waals surface area contributed by atoms with Crippen LogP contribution in [-0.2, 0) is 14.3 Å². The Morgan fingerprint density at radius 3 is 2.05 bits per heavy atom. The van der Waals surface area contributed by atoms with Crippen molar-refractivity contribution in [3.63, 3.8) is 0 Å². The summed E-state index contributed by atoms with van der Waals surface area (Å²) in [7, 11) is 0. The molecule has 0 heterocycles. The van der Waals surface area contributed by atoms with E-state index in [-0.39, 0.29) is 36.0 Å². The molecule has 0 bridgehead atoms. The fraction of sp³-hybridized carbons (Fsp3) is 0.909. The number of carbonyl (C=O) groups is 3. The molecule has 0 radical (unpaired) electrons. The largest absolute Gasteiger partial charge is 0.446 e. The summed E-state index contributed by atoms with van der Waals surface area (Å²) in [5.74, 6) is 4.87. The minimum absolute atomic E-state index is 0.0189. The van der Waals surface area contributed by atoms with Crippen LogP contribution < -0.4 is 16.4 Å². The van der Waals surface area contributed by atoms with Gasteiger partial charge in [0.25, 0.3) is 0 Å². The van der Waals surface area contributed by atoms with Crippen molar-refractivity contribution in [1.29, 1.82) is 0 Å². The molecule has 3 saturated carbocycles. The van der Waals surface area contributed by atoms with Gasteiger partial charge < -0.3 is 21.1 Å². The van der Waals surface area contributed by atoms with Gasteiger partial charge in [-0.15, -0.1) is 0 Å². The van der Waals surface area contributed by atoms with Gasteiger partial charge in [0.15, 0.2) is 0 Å². The van der Waals surface area contributed by atoms with Gasteiger partial charge in [-0.2, -0.15) is 0 Å². The summed E-state index contributed by atoms with van der Waals surface area (Å²) in [6, 6.07) is 0. The number of hydrogen-bond acceptors (Lipinski definition) is 5. The number of nitrogens with one attached hydrogen (secondary N) is 2. The van der Waals surface area contributed by atoms with Gasteiger partial charge in [0, 0.05) is 32.5 Å². The number of rotatable bonds is 32. The van der Waals surface area contributed by atoms with Crippen LogP contribution in [0.2, 0.25) is 0 Å². The first kappa shape index (κ1) is 53.5. The molecule has 0 unspecified atom stereocenters. The van der Waals surface area contributed by atoms with Gasteiger partial charge in [-0.3, -0.25) is 14.5 Å². The van der Waals surface area contributed by atoms with Crippen LogP contribution in [0.25, 0.3) is 0 Å². The monoisotopic (exact) mass is 881 g/mol. The molecule has 0 aromatic carbocycles. The normalized spacial score (nSPS) is 26.9. The Kier molecular flexibility index (Phi) is 24.5. The Balaban J connectivity index is 1.17. The number of unbranched alkanes of at least 4 members (excludes halogenated alkanes) is 15. The van der Waals surface area contributed by atoms with E-state index in [0.29, 0.717) is 38.0 Å². The molecule has 4 aliphatic carbocycles. The van der Waals surface area contributed by atoms with Crippen molar-refractivity contribution in [2.75, 3.05) is 32.7 Å². The van der Waals surface area contributed by atoms with E-state index in [1.807, 2.05) is 0 Å². The topological polar surface area (TPSA) is 114 Å². The third-order valence-electron chi connectivity index (χ3n) is 17.0. The van der Waals surface area contributed by atoms with Crippen LogP contribution in [0.15, 0.2) is 11.6 Å². The van der Waals surface area contributed by atoms with Gasteiger partial charge >= 0.3 is 6.09 Å². The minimum Gasteiger partial charge on any atom is -0.446 e. The highest BCUT2D eigenvalue weighted by atomic mass is 16.6. The number of ether oxygens (including phenoxy) is 1. The maximum absolute atomic E-state index is 13.8. The van der Waals surface area contributed by atoms with Crippen LogP contribution in [0, 0.1) is 46.3 Å². The van der Waals surface area contributed by atoms with E-state index in [1.54, 1.807) is 4.90 Å². The standard InChI is InChI=1S/C55H100N4O4/c1-7-8-9-10-11-12-13-14-15-16-17-20-28-51(60)57-38-22-18-19-24-40-59(42-52(61)58-39-23-21-37-56)53(62)63-46-33-35-54(5)45(41-46)29-30-47-49-32-31-48(44(4)27-25-26-43(2)3)55(49,6)36-34-50(47)54/h29,43-44,46-50H,7-28,30-42,56H2,1-6H3,(H,57,60)(H,58,61)/t44-,46+,47+,48-,49+,50+,54+,55-/m1/s1. The molecule has 4 N–H and O–H groups in total. The number of fused-ring (bicyclic) bond motifs is 5. The van der Waals surface area contributed by atoms with Crippen molar-refractivity contribution in [3.05, 3.63) is 11.6 Å². The molecule has 8 nitrogen and oxygen atoms in total. The van der Waals surface area contributed by atoms with Crippen molar-refractivity contribution in [2.24, 2.45) is 52.1 Å². The summed E-state index contributed by atoms with van der Waals surface area (Å²) >= 11 is 0. The summed E-state index contributed by atoms with van der Waals surface area (Å²) in [5.41, 5.74) is 7.86. The molecule has 0 aliphatic heterocycles. The summed E-state index contributed by atoms with van der Waals surface area (Å²) in [6.45, 7) is 17.2. The van der Waals surface area contributed by atoms with E-state index >= 15 is 0 Å². The van der Waals surface area contributed by atoms with Gasteiger partial charge in [-0.25, -0.2) is 4.79 Å². The van der Waals surface area contributed by atoms with E-state index in [9.17, 15) is 14.4 Å². The van der Waals surface area contributed by atoms with E-state index in [0.717, 1.165) is 106 Å². The number of nitrogens with two attached hydrogens (primary N) is 1. The molecule has 0 aromatic heterocycles. The lowest BCUT2D eigenvalue weighted by Gasteiger charge is -2.58. The third-order valence-corrected chi connectivity index (χ3v) is 17.0. The van der Waals surface area contributed by atoms with Crippen LogP contribution >= 0.6 is 0 Å². The second kappa shape index (κ2) is 28.8. The van der Waals surface area contributed by atoms with Crippen molar-refractivity contribution in [2.45, 2.75) is 240 Å². The Morgan fingerprint density at radius 1 is 0.730 bits per heavy atom. The highest BCUT2D eigenvalue weighted by Gasteiger charge is 2.59.